The van der Waals surface area contributed by atoms with Crippen molar-refractivity contribution in [1.82, 2.24) is 0 Å². The van der Waals surface area contributed by atoms with E-state index in [-0.39, 0.29) is 11.3 Å². The molecule has 0 amide bonds. The fraction of sp³-hybridized carbons (Fsp3) is 0. The highest BCUT2D eigenvalue weighted by Gasteiger charge is 2.04. The Morgan fingerprint density at radius 2 is 2.21 bits per heavy atom. The van der Waals surface area contributed by atoms with Gasteiger partial charge in [-0.15, -0.1) is 6.40 Å². The molecule has 68 valence electrons. The van der Waals surface area contributed by atoms with Crippen LogP contribution in [-0.4, -0.2) is 5.11 Å². The quantitative estimate of drug-likeness (QED) is 0.628. The first kappa shape index (κ1) is 7.40. The molecule has 0 heterocycles. The van der Waals surface area contributed by atoms with Crippen LogP contribution in [0.5, 0.6) is 5.75 Å². The number of halogens is 1. The minimum atomic E-state index is -0.451. The SMILES string of the molecule is [2H]C#Cc1c(F)ccc2cc(O)ccc12. The second-order valence-corrected chi connectivity index (χ2v) is 2.95. The van der Waals surface area contributed by atoms with Crippen LogP contribution < -0.4 is 0 Å². The lowest BCUT2D eigenvalue weighted by Crippen LogP contribution is -1.85. The van der Waals surface area contributed by atoms with Gasteiger partial charge in [0, 0.05) is 5.39 Å². The molecule has 14 heavy (non-hydrogen) atoms. The maximum atomic E-state index is 13.4. The van der Waals surface area contributed by atoms with E-state index in [2.05, 4.69) is 5.92 Å². The zero-order chi connectivity index (χ0) is 10.8. The highest BCUT2D eigenvalue weighted by atomic mass is 19.1. The van der Waals surface area contributed by atoms with Gasteiger partial charge >= 0.3 is 0 Å². The van der Waals surface area contributed by atoms with E-state index in [9.17, 15) is 9.50 Å². The maximum absolute atomic E-state index is 13.4. The second kappa shape index (κ2) is 3.04. The van der Waals surface area contributed by atoms with Crippen molar-refractivity contribution in [3.05, 3.63) is 41.7 Å². The highest BCUT2D eigenvalue weighted by Crippen LogP contribution is 2.24. The van der Waals surface area contributed by atoms with Gasteiger partial charge in [-0.1, -0.05) is 12.0 Å². The fourth-order valence-corrected chi connectivity index (χ4v) is 1.42. The zero-order valence-corrected chi connectivity index (χ0v) is 7.21. The molecule has 0 bridgehead atoms. The summed E-state index contributed by atoms with van der Waals surface area (Å²) >= 11 is 0. The number of phenols is 1. The number of hydrogen-bond donors (Lipinski definition) is 1. The number of rotatable bonds is 0. The Hall–Kier alpha value is -2.01. The molecule has 2 aromatic rings. The predicted octanol–water partition coefficient (Wildman–Crippen LogP) is 2.67. The molecule has 1 nitrogen and oxygen atoms in total. The molecule has 0 saturated carbocycles. The van der Waals surface area contributed by atoms with Gasteiger partial charge in [-0.2, -0.15) is 0 Å². The molecule has 0 fully saturated rings. The van der Waals surface area contributed by atoms with Crippen molar-refractivity contribution in [1.29, 1.82) is 0 Å². The normalized spacial score (nSPS) is 10.5. The molecular weight excluding hydrogens is 179 g/mol. The third-order valence-corrected chi connectivity index (χ3v) is 2.08. The summed E-state index contributed by atoms with van der Waals surface area (Å²) in [6.07, 6.45) is 1.93. The van der Waals surface area contributed by atoms with Crippen LogP contribution in [0, 0.1) is 18.1 Å². The number of fused-ring (bicyclic) bond motifs is 1. The van der Waals surface area contributed by atoms with Crippen LogP contribution in [0.15, 0.2) is 30.3 Å². The van der Waals surface area contributed by atoms with E-state index in [1.54, 1.807) is 12.1 Å². The van der Waals surface area contributed by atoms with Crippen molar-refractivity contribution in [2.45, 2.75) is 0 Å². The number of benzene rings is 2. The summed E-state index contributed by atoms with van der Waals surface area (Å²) in [6.45, 7) is 0. The second-order valence-electron chi connectivity index (χ2n) is 2.95. The van der Waals surface area contributed by atoms with E-state index in [0.717, 1.165) is 0 Å². The van der Waals surface area contributed by atoms with Crippen molar-refractivity contribution >= 4 is 10.8 Å². The Morgan fingerprint density at radius 1 is 1.36 bits per heavy atom. The van der Waals surface area contributed by atoms with E-state index in [1.807, 2.05) is 6.40 Å². The summed E-state index contributed by atoms with van der Waals surface area (Å²) in [5.41, 5.74) is 0.197. The molecule has 0 aliphatic heterocycles. The van der Waals surface area contributed by atoms with Crippen LogP contribution in [0.25, 0.3) is 10.8 Å². The minimum absolute atomic E-state index is 0.124. The van der Waals surface area contributed by atoms with Gasteiger partial charge in [-0.25, -0.2) is 4.39 Å². The van der Waals surface area contributed by atoms with Crippen LogP contribution >= 0.6 is 0 Å². The molecule has 2 aromatic carbocycles. The maximum Gasteiger partial charge on any atom is 0.139 e. The van der Waals surface area contributed by atoms with E-state index in [1.165, 1.54) is 18.2 Å². The van der Waals surface area contributed by atoms with Gasteiger partial charge < -0.3 is 5.11 Å². The van der Waals surface area contributed by atoms with Crippen molar-refractivity contribution in [3.63, 3.8) is 0 Å². The van der Waals surface area contributed by atoms with Crippen molar-refractivity contribution in [3.8, 4) is 18.1 Å². The van der Waals surface area contributed by atoms with Gasteiger partial charge in [-0.05, 0) is 29.7 Å². The first-order valence-corrected chi connectivity index (χ1v) is 4.06. The first-order chi connectivity index (χ1) is 7.22. The summed E-state index contributed by atoms with van der Waals surface area (Å²) in [5, 5.41) is 10.6. The van der Waals surface area contributed by atoms with Crippen LogP contribution in [0.4, 0.5) is 4.39 Å². The molecule has 0 aliphatic carbocycles. The number of aromatic hydroxyl groups is 1. The lowest BCUT2D eigenvalue weighted by molar-refractivity contribution is 0.476. The largest absolute Gasteiger partial charge is 0.508 e. The first-order valence-electron chi connectivity index (χ1n) is 4.56. The Kier molecular flexibility index (Phi) is 1.61. The fourth-order valence-electron chi connectivity index (χ4n) is 1.42. The molecule has 0 atom stereocenters. The standard InChI is InChI=1S/C12H7FO/c1-2-10-11-5-4-9(14)7-8(11)3-6-12(10)13/h1,3-7,14H/i1D. The molecule has 0 aromatic heterocycles. The van der Waals surface area contributed by atoms with Gasteiger partial charge in [0.05, 0.1) is 5.56 Å². The van der Waals surface area contributed by atoms with Gasteiger partial charge in [0.2, 0.25) is 0 Å². The monoisotopic (exact) mass is 187 g/mol. The summed E-state index contributed by atoms with van der Waals surface area (Å²) < 4.78 is 20.1. The smallest absolute Gasteiger partial charge is 0.139 e. The van der Waals surface area contributed by atoms with Gasteiger partial charge in [-0.3, -0.25) is 0 Å². The lowest BCUT2D eigenvalue weighted by Gasteiger charge is -2.02. The molecule has 2 heteroatoms. The minimum Gasteiger partial charge on any atom is -0.508 e. The van der Waals surface area contributed by atoms with Crippen molar-refractivity contribution in [2.24, 2.45) is 0 Å². The van der Waals surface area contributed by atoms with Crippen molar-refractivity contribution < 1.29 is 10.9 Å². The average molecular weight is 187 g/mol. The summed E-state index contributed by atoms with van der Waals surface area (Å²) in [4.78, 5) is 0. The molecule has 0 unspecified atom stereocenters. The van der Waals surface area contributed by atoms with E-state index in [0.29, 0.717) is 10.8 Å². The molecule has 1 N–H and O–H groups in total. The van der Waals surface area contributed by atoms with Crippen LogP contribution in [0.1, 0.15) is 6.93 Å². The van der Waals surface area contributed by atoms with E-state index < -0.39 is 5.82 Å². The van der Waals surface area contributed by atoms with Crippen LogP contribution in [0.2, 0.25) is 0 Å². The van der Waals surface area contributed by atoms with E-state index >= 15 is 0 Å². The summed E-state index contributed by atoms with van der Waals surface area (Å²) in [5.74, 6) is 2.07. The van der Waals surface area contributed by atoms with Gasteiger partial charge in [0.25, 0.3) is 0 Å². The average Bonchev–Trinajstić information content (AvgIpc) is 2.22. The highest BCUT2D eigenvalue weighted by molar-refractivity contribution is 5.89. The topological polar surface area (TPSA) is 20.2 Å². The number of hydrogen-bond acceptors (Lipinski definition) is 1. The zero-order valence-electron chi connectivity index (χ0n) is 8.21. The molecule has 0 spiro atoms. The Balaban J connectivity index is 2.85. The third kappa shape index (κ3) is 1.20. The number of phenolic OH excluding ortho intramolecular Hbond substituents is 1. The Bertz CT molecular complexity index is 581. The van der Waals surface area contributed by atoms with Crippen molar-refractivity contribution in [2.75, 3.05) is 0 Å². The Morgan fingerprint density at radius 3 is 3.00 bits per heavy atom. The lowest BCUT2D eigenvalue weighted by atomic mass is 10.0. The Labute approximate surface area is 82.2 Å². The van der Waals surface area contributed by atoms with Crippen LogP contribution in [-0.2, 0) is 0 Å². The predicted molar refractivity (Wildman–Crippen MR) is 53.5 cm³/mol. The van der Waals surface area contributed by atoms with Gasteiger partial charge in [0.15, 0.2) is 0 Å². The van der Waals surface area contributed by atoms with Crippen LogP contribution in [0.3, 0.4) is 0 Å². The van der Waals surface area contributed by atoms with Gasteiger partial charge in [0.1, 0.15) is 12.9 Å². The third-order valence-electron chi connectivity index (χ3n) is 2.08. The molecule has 0 saturated heterocycles. The molecule has 0 aliphatic rings. The number of terminal acetylenes is 1. The van der Waals surface area contributed by atoms with E-state index in [4.69, 9.17) is 1.37 Å². The summed E-state index contributed by atoms with van der Waals surface area (Å²) in [6, 6.07) is 7.44. The molecule has 2 rings (SSSR count). The molecule has 0 radical (unpaired) electrons. The molecular formula is C12H7FO. The summed E-state index contributed by atoms with van der Waals surface area (Å²) in [7, 11) is 0.